The van der Waals surface area contributed by atoms with Gasteiger partial charge in [0.25, 0.3) is 0 Å². The summed E-state index contributed by atoms with van der Waals surface area (Å²) in [6.45, 7) is 4.53. The van der Waals surface area contributed by atoms with E-state index < -0.39 is 0 Å². The maximum atomic E-state index is 14.9. The molecule has 1 aromatic carbocycles. The summed E-state index contributed by atoms with van der Waals surface area (Å²) in [4.78, 5) is 4.68. The van der Waals surface area contributed by atoms with Crippen molar-refractivity contribution in [3.8, 4) is 11.3 Å². The minimum atomic E-state index is -0.135. The fourth-order valence-electron chi connectivity index (χ4n) is 5.84. The molecule has 1 aromatic heterocycles. The lowest BCUT2D eigenvalue weighted by molar-refractivity contribution is 0.301. The van der Waals surface area contributed by atoms with Crippen molar-refractivity contribution in [2.45, 2.75) is 135 Å². The van der Waals surface area contributed by atoms with E-state index >= 15 is 0 Å². The van der Waals surface area contributed by atoms with Crippen LogP contribution in [0.1, 0.15) is 140 Å². The number of unbranched alkanes of at least 4 members (excludes halogenated alkanes) is 10. The Balaban J connectivity index is 1.42. The van der Waals surface area contributed by atoms with Crippen LogP contribution in [0.15, 0.2) is 36.5 Å². The number of hydrogen-bond donors (Lipinski definition) is 0. The Labute approximate surface area is 215 Å². The second-order valence-electron chi connectivity index (χ2n) is 11.1. The zero-order valence-electron chi connectivity index (χ0n) is 22.7. The lowest BCUT2D eigenvalue weighted by Gasteiger charge is -2.28. The molecule has 1 fully saturated rings. The summed E-state index contributed by atoms with van der Waals surface area (Å²) < 4.78 is 14.9. The second kappa shape index (κ2) is 16.1. The van der Waals surface area contributed by atoms with E-state index in [0.29, 0.717) is 11.5 Å². The first kappa shape index (κ1) is 27.9. The number of hydrogen-bond acceptors (Lipinski definition) is 1. The molecule has 194 valence electrons. The Bertz CT molecular complexity index is 819. The van der Waals surface area contributed by atoms with E-state index in [0.717, 1.165) is 30.0 Å². The van der Waals surface area contributed by atoms with Crippen LogP contribution in [0.5, 0.6) is 0 Å². The summed E-state index contributed by atoms with van der Waals surface area (Å²) in [7, 11) is 0. The van der Waals surface area contributed by atoms with E-state index in [1.165, 1.54) is 108 Å². The van der Waals surface area contributed by atoms with Crippen molar-refractivity contribution in [1.82, 2.24) is 4.98 Å². The van der Waals surface area contributed by atoms with Gasteiger partial charge in [-0.15, -0.1) is 0 Å². The molecule has 0 unspecified atom stereocenters. The maximum Gasteiger partial charge on any atom is 0.132 e. The Morgan fingerprint density at radius 1 is 0.743 bits per heavy atom. The van der Waals surface area contributed by atoms with Crippen LogP contribution < -0.4 is 0 Å². The zero-order valence-corrected chi connectivity index (χ0v) is 22.7. The van der Waals surface area contributed by atoms with Gasteiger partial charge in [-0.25, -0.2) is 4.39 Å². The Kier molecular flexibility index (Phi) is 12.8. The molecule has 0 spiro atoms. The van der Waals surface area contributed by atoms with Gasteiger partial charge in [0, 0.05) is 11.8 Å². The van der Waals surface area contributed by atoms with Crippen molar-refractivity contribution in [2.24, 2.45) is 5.92 Å². The fourth-order valence-corrected chi connectivity index (χ4v) is 5.84. The maximum absolute atomic E-state index is 14.9. The topological polar surface area (TPSA) is 12.9 Å². The smallest absolute Gasteiger partial charge is 0.132 e. The van der Waals surface area contributed by atoms with Gasteiger partial charge in [-0.1, -0.05) is 103 Å². The van der Waals surface area contributed by atoms with Crippen molar-refractivity contribution in [2.75, 3.05) is 0 Å². The van der Waals surface area contributed by atoms with Crippen LogP contribution in [0, 0.1) is 11.7 Å². The third kappa shape index (κ3) is 9.70. The number of aryl methyl sites for hydroxylation is 1. The average molecular weight is 480 g/mol. The van der Waals surface area contributed by atoms with E-state index in [-0.39, 0.29) is 5.82 Å². The molecule has 1 heterocycles. The highest BCUT2D eigenvalue weighted by atomic mass is 19.1. The molecular formula is C33H50FN. The molecule has 1 saturated carbocycles. The molecule has 0 N–H and O–H groups in total. The highest BCUT2D eigenvalue weighted by Gasteiger charge is 2.22. The molecule has 0 aliphatic heterocycles. The van der Waals surface area contributed by atoms with Gasteiger partial charge in [-0.05, 0) is 79.7 Å². The summed E-state index contributed by atoms with van der Waals surface area (Å²) in [6.07, 6.45) is 25.7. The van der Waals surface area contributed by atoms with Crippen molar-refractivity contribution < 1.29 is 4.39 Å². The number of pyridine rings is 1. The highest BCUT2D eigenvalue weighted by molar-refractivity contribution is 5.60. The fraction of sp³-hybridized carbons (Fsp3) is 0.667. The normalized spacial score (nSPS) is 18.1. The third-order valence-electron chi connectivity index (χ3n) is 8.20. The number of halogens is 1. The molecule has 1 aliphatic carbocycles. The molecular weight excluding hydrogens is 429 g/mol. The molecule has 0 radical (unpaired) electrons. The average Bonchev–Trinajstić information content (AvgIpc) is 2.89. The lowest BCUT2D eigenvalue weighted by atomic mass is 9.77. The number of rotatable bonds is 16. The van der Waals surface area contributed by atoms with Crippen LogP contribution in [-0.4, -0.2) is 4.98 Å². The predicted molar refractivity (Wildman–Crippen MR) is 149 cm³/mol. The van der Waals surface area contributed by atoms with Crippen molar-refractivity contribution in [3.63, 3.8) is 0 Å². The highest BCUT2D eigenvalue weighted by Crippen LogP contribution is 2.38. The van der Waals surface area contributed by atoms with Crippen LogP contribution in [0.2, 0.25) is 0 Å². The van der Waals surface area contributed by atoms with Gasteiger partial charge in [-0.3, -0.25) is 4.98 Å². The SMILES string of the molecule is CCCCCCCCc1ccc(-c2ccc([C@H]3CC[C@H](CCCCCCCC)CC3)cn2)c(F)c1. The quantitative estimate of drug-likeness (QED) is 0.218. The zero-order chi connectivity index (χ0) is 24.7. The lowest BCUT2D eigenvalue weighted by Crippen LogP contribution is -2.13. The van der Waals surface area contributed by atoms with Gasteiger partial charge >= 0.3 is 0 Å². The molecule has 0 amide bonds. The largest absolute Gasteiger partial charge is 0.256 e. The molecule has 2 heteroatoms. The molecule has 0 atom stereocenters. The van der Waals surface area contributed by atoms with Gasteiger partial charge in [0.15, 0.2) is 0 Å². The monoisotopic (exact) mass is 479 g/mol. The summed E-state index contributed by atoms with van der Waals surface area (Å²) in [6, 6.07) is 9.97. The molecule has 1 nitrogen and oxygen atoms in total. The summed E-state index contributed by atoms with van der Waals surface area (Å²) in [5.41, 5.74) is 3.84. The molecule has 35 heavy (non-hydrogen) atoms. The van der Waals surface area contributed by atoms with Gasteiger partial charge < -0.3 is 0 Å². The van der Waals surface area contributed by atoms with E-state index in [2.05, 4.69) is 31.0 Å². The molecule has 1 aliphatic rings. The first-order chi connectivity index (χ1) is 17.2. The van der Waals surface area contributed by atoms with E-state index in [9.17, 15) is 4.39 Å². The molecule has 3 rings (SSSR count). The van der Waals surface area contributed by atoms with Crippen LogP contribution >= 0.6 is 0 Å². The van der Waals surface area contributed by atoms with Crippen molar-refractivity contribution >= 4 is 0 Å². The van der Waals surface area contributed by atoms with Crippen LogP contribution in [0.4, 0.5) is 4.39 Å². The van der Waals surface area contributed by atoms with Crippen LogP contribution in [0.25, 0.3) is 11.3 Å². The van der Waals surface area contributed by atoms with E-state index in [1.807, 2.05) is 18.3 Å². The Morgan fingerprint density at radius 2 is 1.40 bits per heavy atom. The van der Waals surface area contributed by atoms with Crippen LogP contribution in [0.3, 0.4) is 0 Å². The summed E-state index contributed by atoms with van der Waals surface area (Å²) in [5, 5.41) is 0. The van der Waals surface area contributed by atoms with Crippen molar-refractivity contribution in [1.29, 1.82) is 0 Å². The van der Waals surface area contributed by atoms with E-state index in [1.54, 1.807) is 6.07 Å². The Hall–Kier alpha value is -1.70. The molecule has 2 aromatic rings. The first-order valence-corrected chi connectivity index (χ1v) is 15.0. The second-order valence-corrected chi connectivity index (χ2v) is 11.1. The number of benzene rings is 1. The van der Waals surface area contributed by atoms with Gasteiger partial charge in [0.05, 0.1) is 5.69 Å². The predicted octanol–water partition coefficient (Wildman–Crippen LogP) is 10.8. The minimum Gasteiger partial charge on any atom is -0.256 e. The van der Waals surface area contributed by atoms with Crippen LogP contribution in [-0.2, 0) is 6.42 Å². The standard InChI is InChI=1S/C33H50FN/c1-3-5-7-9-11-13-15-27-17-20-29(21-18-27)30-22-24-33(35-26-30)31-23-19-28(25-32(31)34)16-14-12-10-8-6-4-2/h19,22-27,29H,3-18,20-21H2,1-2H3/t27-,29-. The summed E-state index contributed by atoms with van der Waals surface area (Å²) in [5.74, 6) is 1.42. The first-order valence-electron chi connectivity index (χ1n) is 15.0. The number of nitrogens with zero attached hydrogens (tertiary/aromatic N) is 1. The minimum absolute atomic E-state index is 0.135. The van der Waals surface area contributed by atoms with Gasteiger partial charge in [0.2, 0.25) is 0 Å². The molecule has 0 bridgehead atoms. The van der Waals surface area contributed by atoms with Crippen molar-refractivity contribution in [3.05, 3.63) is 53.5 Å². The van der Waals surface area contributed by atoms with Gasteiger partial charge in [0.1, 0.15) is 5.82 Å². The molecule has 0 saturated heterocycles. The number of aromatic nitrogens is 1. The van der Waals surface area contributed by atoms with Gasteiger partial charge in [-0.2, -0.15) is 0 Å². The Morgan fingerprint density at radius 3 is 2.03 bits per heavy atom. The summed E-state index contributed by atoms with van der Waals surface area (Å²) >= 11 is 0. The third-order valence-corrected chi connectivity index (χ3v) is 8.20. The van der Waals surface area contributed by atoms with E-state index in [4.69, 9.17) is 0 Å².